The van der Waals surface area contributed by atoms with Gasteiger partial charge in [-0.2, -0.15) is 8.78 Å². The lowest BCUT2D eigenvalue weighted by Gasteiger charge is -2.38. The highest BCUT2D eigenvalue weighted by atomic mass is 19.3. The molecule has 0 saturated heterocycles. The summed E-state index contributed by atoms with van der Waals surface area (Å²) in [6.07, 6.45) is 2.08. The monoisotopic (exact) mass is 435 g/mol. The number of nitrogens with two attached hydrogens (primary N) is 1. The smallest absolute Gasteiger partial charge is 0.323 e. The first-order chi connectivity index (χ1) is 14.6. The van der Waals surface area contributed by atoms with Gasteiger partial charge in [-0.1, -0.05) is 24.8 Å². The molecule has 2 aromatic carbocycles. The van der Waals surface area contributed by atoms with Gasteiger partial charge in [0.1, 0.15) is 23.1 Å². The maximum absolute atomic E-state index is 15.5. The van der Waals surface area contributed by atoms with E-state index in [9.17, 15) is 18.3 Å². The Balaban J connectivity index is 2.07. The summed E-state index contributed by atoms with van der Waals surface area (Å²) in [5, 5.41) is 11.6. The summed E-state index contributed by atoms with van der Waals surface area (Å²) < 4.78 is 71.8. The van der Waals surface area contributed by atoms with Gasteiger partial charge >= 0.3 is 5.92 Å². The summed E-state index contributed by atoms with van der Waals surface area (Å²) in [6, 6.07) is 9.43. The van der Waals surface area contributed by atoms with Gasteiger partial charge in [0, 0.05) is 29.6 Å². The highest BCUT2D eigenvalue weighted by Crippen LogP contribution is 2.46. The van der Waals surface area contributed by atoms with E-state index < -0.39 is 46.8 Å². The second-order valence-corrected chi connectivity index (χ2v) is 6.85. The van der Waals surface area contributed by atoms with Crippen LogP contribution < -0.4 is 5.84 Å². The van der Waals surface area contributed by atoms with Crippen molar-refractivity contribution >= 4 is 0 Å². The largest absolute Gasteiger partial charge is 0.377 e. The van der Waals surface area contributed by atoms with Crippen LogP contribution in [-0.2, 0) is 11.5 Å². The molecule has 162 valence electrons. The van der Waals surface area contributed by atoms with Crippen molar-refractivity contribution < 1.29 is 27.1 Å². The van der Waals surface area contributed by atoms with E-state index >= 15 is 8.78 Å². The zero-order valence-corrected chi connectivity index (χ0v) is 16.1. The number of aliphatic hydroxyl groups is 1. The number of halogens is 5. The molecular weight excluding hydrogens is 417 g/mol. The van der Waals surface area contributed by atoms with E-state index in [0.29, 0.717) is 22.2 Å². The number of aromatic nitrogens is 1. The molecule has 1 atom stereocenters. The first-order valence-electron chi connectivity index (χ1n) is 9.00. The lowest BCUT2D eigenvalue weighted by Crippen LogP contribution is -2.52. The lowest BCUT2D eigenvalue weighted by molar-refractivity contribution is -0.205. The minimum absolute atomic E-state index is 0.385. The van der Waals surface area contributed by atoms with Gasteiger partial charge in [-0.05, 0) is 35.9 Å². The third kappa shape index (κ3) is 4.28. The molecule has 3 rings (SSSR count). The molecule has 3 aromatic rings. The fraction of sp³-hybridized carbons (Fsp3) is 0.136. The van der Waals surface area contributed by atoms with Crippen molar-refractivity contribution in [3.05, 3.63) is 102 Å². The van der Waals surface area contributed by atoms with E-state index in [1.165, 1.54) is 30.3 Å². The SMILES string of the molecule is C=CN(N)CC(O)(c1ccc(F)cc1F)C(F)(F)c1ccc(-c2ccc(F)cc2)cn1. The predicted octanol–water partition coefficient (Wildman–Crippen LogP) is 4.46. The number of pyridine rings is 1. The third-order valence-corrected chi connectivity index (χ3v) is 4.80. The molecular formula is C22H18F5N3O. The van der Waals surface area contributed by atoms with Crippen LogP contribution in [0.3, 0.4) is 0 Å². The second kappa shape index (κ2) is 8.44. The molecule has 0 aliphatic rings. The number of alkyl halides is 2. The minimum Gasteiger partial charge on any atom is -0.377 e. The van der Waals surface area contributed by atoms with E-state index in [1.807, 2.05) is 0 Å². The fourth-order valence-corrected chi connectivity index (χ4v) is 3.11. The molecule has 3 N–H and O–H groups in total. The number of rotatable bonds is 7. The number of hydrogen-bond acceptors (Lipinski definition) is 4. The molecule has 1 unspecified atom stereocenters. The van der Waals surface area contributed by atoms with Gasteiger partial charge in [-0.15, -0.1) is 0 Å². The summed E-state index contributed by atoms with van der Waals surface area (Å²) in [6.45, 7) is 2.37. The van der Waals surface area contributed by atoms with Crippen molar-refractivity contribution in [1.29, 1.82) is 0 Å². The van der Waals surface area contributed by atoms with E-state index in [1.54, 1.807) is 0 Å². The van der Waals surface area contributed by atoms with Crippen LogP contribution in [0, 0.1) is 17.5 Å². The molecule has 0 saturated carbocycles. The van der Waals surface area contributed by atoms with Crippen LogP contribution in [0.15, 0.2) is 73.6 Å². The second-order valence-electron chi connectivity index (χ2n) is 6.85. The number of hydrogen-bond donors (Lipinski definition) is 2. The highest BCUT2D eigenvalue weighted by molar-refractivity contribution is 5.62. The zero-order valence-electron chi connectivity index (χ0n) is 16.1. The van der Waals surface area contributed by atoms with Crippen molar-refractivity contribution in [3.63, 3.8) is 0 Å². The molecule has 0 amide bonds. The van der Waals surface area contributed by atoms with Crippen molar-refractivity contribution in [1.82, 2.24) is 9.99 Å². The molecule has 4 nitrogen and oxygen atoms in total. The van der Waals surface area contributed by atoms with Gasteiger partial charge in [0.2, 0.25) is 0 Å². The fourth-order valence-electron chi connectivity index (χ4n) is 3.11. The molecule has 1 heterocycles. The van der Waals surface area contributed by atoms with E-state index in [0.717, 1.165) is 30.6 Å². The predicted molar refractivity (Wildman–Crippen MR) is 105 cm³/mol. The van der Waals surface area contributed by atoms with Gasteiger partial charge in [-0.25, -0.2) is 19.0 Å². The lowest BCUT2D eigenvalue weighted by atomic mass is 9.84. The van der Waals surface area contributed by atoms with Gasteiger partial charge in [0.05, 0.1) is 6.54 Å². The average Bonchev–Trinajstić information content (AvgIpc) is 2.74. The molecule has 1 aromatic heterocycles. The Labute approximate surface area is 175 Å². The maximum atomic E-state index is 15.5. The molecule has 0 fully saturated rings. The van der Waals surface area contributed by atoms with Crippen LogP contribution in [0.1, 0.15) is 11.3 Å². The van der Waals surface area contributed by atoms with E-state index in [2.05, 4.69) is 11.6 Å². The molecule has 0 radical (unpaired) electrons. The Morgan fingerprint density at radius 1 is 0.968 bits per heavy atom. The number of benzene rings is 2. The molecule has 0 aliphatic heterocycles. The summed E-state index contributed by atoms with van der Waals surface area (Å²) in [7, 11) is 0. The number of nitrogens with zero attached hydrogens (tertiary/aromatic N) is 2. The minimum atomic E-state index is -4.15. The Kier molecular flexibility index (Phi) is 6.10. The average molecular weight is 435 g/mol. The molecule has 31 heavy (non-hydrogen) atoms. The molecule has 9 heteroatoms. The zero-order chi connectivity index (χ0) is 22.8. The Morgan fingerprint density at radius 2 is 1.58 bits per heavy atom. The topological polar surface area (TPSA) is 62.4 Å². The first kappa shape index (κ1) is 22.4. The maximum Gasteiger partial charge on any atom is 0.323 e. The van der Waals surface area contributed by atoms with Crippen LogP contribution in [0.2, 0.25) is 0 Å². The van der Waals surface area contributed by atoms with Gasteiger partial charge < -0.3 is 10.1 Å². The number of hydrazine groups is 1. The van der Waals surface area contributed by atoms with Crippen LogP contribution in [0.4, 0.5) is 22.0 Å². The van der Waals surface area contributed by atoms with Crippen molar-refractivity contribution in [3.8, 4) is 11.1 Å². The highest BCUT2D eigenvalue weighted by Gasteiger charge is 2.57. The summed E-state index contributed by atoms with van der Waals surface area (Å²) in [5.74, 6) is -1.44. The van der Waals surface area contributed by atoms with Gasteiger partial charge in [0.15, 0.2) is 5.60 Å². The van der Waals surface area contributed by atoms with Gasteiger partial charge in [-0.3, -0.25) is 4.98 Å². The first-order valence-corrected chi connectivity index (χ1v) is 9.00. The van der Waals surface area contributed by atoms with E-state index in [4.69, 9.17) is 5.84 Å². The van der Waals surface area contributed by atoms with E-state index in [-0.39, 0.29) is 0 Å². The Morgan fingerprint density at radius 3 is 2.13 bits per heavy atom. The normalized spacial score (nSPS) is 13.5. The van der Waals surface area contributed by atoms with Gasteiger partial charge in [0.25, 0.3) is 0 Å². The van der Waals surface area contributed by atoms with Crippen LogP contribution in [-0.4, -0.2) is 21.6 Å². The Hall–Kier alpha value is -3.30. The standard InChI is InChI=1S/C22H18F5N3O/c1-2-30(28)13-21(31,18-9-8-17(24)11-19(18)25)22(26,27)20-10-5-15(12-29-20)14-3-6-16(23)7-4-14/h2-12,31H,1,13,28H2. The van der Waals surface area contributed by atoms with Crippen LogP contribution in [0.25, 0.3) is 11.1 Å². The Bertz CT molecular complexity index is 1070. The molecule has 0 bridgehead atoms. The summed E-state index contributed by atoms with van der Waals surface area (Å²) in [5.41, 5.74) is -3.99. The summed E-state index contributed by atoms with van der Waals surface area (Å²) in [4.78, 5) is 3.74. The van der Waals surface area contributed by atoms with Crippen molar-refractivity contribution in [2.75, 3.05) is 6.54 Å². The van der Waals surface area contributed by atoms with Crippen molar-refractivity contribution in [2.24, 2.45) is 5.84 Å². The molecule has 0 spiro atoms. The quantitative estimate of drug-likeness (QED) is 0.327. The van der Waals surface area contributed by atoms with Crippen LogP contribution >= 0.6 is 0 Å². The van der Waals surface area contributed by atoms with Crippen LogP contribution in [0.5, 0.6) is 0 Å². The summed E-state index contributed by atoms with van der Waals surface area (Å²) >= 11 is 0. The molecule has 0 aliphatic carbocycles. The van der Waals surface area contributed by atoms with Crippen molar-refractivity contribution in [2.45, 2.75) is 11.5 Å². The third-order valence-electron chi connectivity index (χ3n) is 4.80.